The molecule has 1 N–H and O–H groups in total. The molecule has 0 spiro atoms. The second kappa shape index (κ2) is 10.7. The van der Waals surface area contributed by atoms with Gasteiger partial charge in [-0.2, -0.15) is 0 Å². The van der Waals surface area contributed by atoms with Gasteiger partial charge in [0.1, 0.15) is 5.60 Å². The van der Waals surface area contributed by atoms with Crippen LogP contribution in [0, 0.1) is 11.8 Å². The molecule has 5 rings (SSSR count). The van der Waals surface area contributed by atoms with Crippen molar-refractivity contribution in [3.8, 4) is 0 Å². The Bertz CT molecular complexity index is 1220. The van der Waals surface area contributed by atoms with E-state index in [-0.39, 0.29) is 42.2 Å². The van der Waals surface area contributed by atoms with Crippen molar-refractivity contribution < 1.29 is 19.1 Å². The Morgan fingerprint density at radius 3 is 2.45 bits per heavy atom. The SMILES string of the molecule is CC(C)(C)OC(=O)N1CC(Cc2ccccc2Br)C(CN(C(=O)C2CC(=O)Nc3ccccc32)C2CC2)C1. The van der Waals surface area contributed by atoms with Gasteiger partial charge in [-0.15, -0.1) is 0 Å². The molecule has 0 bridgehead atoms. The zero-order valence-electron chi connectivity index (χ0n) is 22.3. The van der Waals surface area contributed by atoms with Crippen LogP contribution in [0.1, 0.15) is 57.1 Å². The second-order valence-corrected chi connectivity index (χ2v) is 12.7. The number of para-hydroxylation sites is 1. The summed E-state index contributed by atoms with van der Waals surface area (Å²) < 4.78 is 6.75. The Morgan fingerprint density at radius 1 is 1.05 bits per heavy atom. The van der Waals surface area contributed by atoms with Gasteiger partial charge in [0.05, 0.1) is 5.92 Å². The van der Waals surface area contributed by atoms with Crippen molar-refractivity contribution in [3.63, 3.8) is 0 Å². The number of carbonyl (C=O) groups is 3. The van der Waals surface area contributed by atoms with Crippen molar-refractivity contribution in [2.24, 2.45) is 11.8 Å². The van der Waals surface area contributed by atoms with Crippen LogP contribution in [0.4, 0.5) is 10.5 Å². The maximum absolute atomic E-state index is 14.0. The molecule has 202 valence electrons. The van der Waals surface area contributed by atoms with E-state index >= 15 is 0 Å². The Kier molecular flexibility index (Phi) is 7.54. The van der Waals surface area contributed by atoms with E-state index in [4.69, 9.17) is 4.74 Å². The third-order valence-electron chi connectivity index (χ3n) is 7.67. The summed E-state index contributed by atoms with van der Waals surface area (Å²) in [6, 6.07) is 16.0. The van der Waals surface area contributed by atoms with Gasteiger partial charge in [-0.1, -0.05) is 52.3 Å². The number of benzene rings is 2. The second-order valence-electron chi connectivity index (χ2n) is 11.8. The summed E-state index contributed by atoms with van der Waals surface area (Å²) in [5.74, 6) is -0.304. The summed E-state index contributed by atoms with van der Waals surface area (Å²) >= 11 is 3.68. The number of hydrogen-bond acceptors (Lipinski definition) is 4. The average Bonchev–Trinajstić information content (AvgIpc) is 3.62. The molecule has 0 radical (unpaired) electrons. The van der Waals surface area contributed by atoms with Gasteiger partial charge in [-0.3, -0.25) is 9.59 Å². The topological polar surface area (TPSA) is 79.0 Å². The van der Waals surface area contributed by atoms with Gasteiger partial charge in [-0.05, 0) is 75.1 Å². The van der Waals surface area contributed by atoms with Crippen molar-refractivity contribution >= 4 is 39.5 Å². The number of nitrogens with one attached hydrogen (secondary N) is 1. The Labute approximate surface area is 233 Å². The Balaban J connectivity index is 1.39. The van der Waals surface area contributed by atoms with Gasteiger partial charge in [0, 0.05) is 42.3 Å². The van der Waals surface area contributed by atoms with Gasteiger partial charge in [0.15, 0.2) is 0 Å². The molecule has 2 aromatic carbocycles. The van der Waals surface area contributed by atoms with E-state index in [0.717, 1.165) is 35.0 Å². The van der Waals surface area contributed by atoms with Crippen molar-refractivity contribution in [2.75, 3.05) is 25.0 Å². The fraction of sp³-hybridized carbons (Fsp3) is 0.500. The third-order valence-corrected chi connectivity index (χ3v) is 8.44. The average molecular weight is 583 g/mol. The molecule has 8 heteroatoms. The largest absolute Gasteiger partial charge is 0.444 e. The van der Waals surface area contributed by atoms with E-state index in [0.29, 0.717) is 19.6 Å². The van der Waals surface area contributed by atoms with Crippen molar-refractivity contribution in [2.45, 2.75) is 64.0 Å². The van der Waals surface area contributed by atoms with Gasteiger partial charge in [0.2, 0.25) is 11.8 Å². The molecule has 2 aliphatic heterocycles. The summed E-state index contributed by atoms with van der Waals surface area (Å²) in [6.07, 6.45) is 2.60. The first-order valence-corrected chi connectivity index (χ1v) is 14.3. The number of fused-ring (bicyclic) bond motifs is 1. The maximum atomic E-state index is 14.0. The molecule has 1 saturated heterocycles. The molecular formula is C30H36BrN3O4. The van der Waals surface area contributed by atoms with Crippen LogP contribution < -0.4 is 5.32 Å². The Morgan fingerprint density at radius 2 is 1.74 bits per heavy atom. The smallest absolute Gasteiger partial charge is 0.410 e. The monoisotopic (exact) mass is 581 g/mol. The molecule has 38 heavy (non-hydrogen) atoms. The fourth-order valence-corrected chi connectivity index (χ4v) is 6.14. The maximum Gasteiger partial charge on any atom is 0.410 e. The number of anilines is 1. The van der Waals surface area contributed by atoms with Crippen LogP contribution in [0.5, 0.6) is 0 Å². The summed E-state index contributed by atoms with van der Waals surface area (Å²) in [5.41, 5.74) is 2.23. The van der Waals surface area contributed by atoms with Crippen LogP contribution in [0.25, 0.3) is 0 Å². The molecule has 0 aromatic heterocycles. The quantitative estimate of drug-likeness (QED) is 0.482. The molecule has 2 aromatic rings. The molecule has 3 aliphatic rings. The van der Waals surface area contributed by atoms with Crippen LogP contribution in [0.3, 0.4) is 0 Å². The van der Waals surface area contributed by atoms with Crippen molar-refractivity contribution in [1.82, 2.24) is 9.80 Å². The van der Waals surface area contributed by atoms with Crippen molar-refractivity contribution in [3.05, 3.63) is 64.1 Å². The van der Waals surface area contributed by atoms with Crippen LogP contribution in [-0.4, -0.2) is 59.0 Å². The van der Waals surface area contributed by atoms with Crippen LogP contribution in [0.2, 0.25) is 0 Å². The van der Waals surface area contributed by atoms with Gasteiger partial charge < -0.3 is 19.9 Å². The van der Waals surface area contributed by atoms with Crippen LogP contribution in [-0.2, 0) is 20.7 Å². The predicted molar refractivity (Wildman–Crippen MR) is 150 cm³/mol. The summed E-state index contributed by atoms with van der Waals surface area (Å²) in [5, 5.41) is 2.91. The van der Waals surface area contributed by atoms with E-state index in [1.165, 1.54) is 5.56 Å². The van der Waals surface area contributed by atoms with Crippen LogP contribution in [0.15, 0.2) is 53.0 Å². The lowest BCUT2D eigenvalue weighted by atomic mass is 9.87. The molecule has 2 heterocycles. The highest BCUT2D eigenvalue weighted by Crippen LogP contribution is 2.39. The number of carbonyl (C=O) groups excluding carboxylic acids is 3. The lowest BCUT2D eigenvalue weighted by Crippen LogP contribution is -2.44. The molecule has 3 amide bonds. The predicted octanol–water partition coefficient (Wildman–Crippen LogP) is 5.59. The molecule has 7 nitrogen and oxygen atoms in total. The van der Waals surface area contributed by atoms with E-state index in [1.807, 2.05) is 68.1 Å². The molecular weight excluding hydrogens is 546 g/mol. The standard InChI is InChI=1S/C30H36BrN3O4/c1-30(2,3)38-29(37)33-16-20(14-19-8-4-6-10-25(19)31)21(17-33)18-34(22-12-13-22)28(36)24-15-27(35)32-26-11-7-5-9-23(24)26/h4-11,20-22,24H,12-18H2,1-3H3,(H,32,35). The van der Waals surface area contributed by atoms with Gasteiger partial charge >= 0.3 is 6.09 Å². The van der Waals surface area contributed by atoms with E-state index in [9.17, 15) is 14.4 Å². The number of hydrogen-bond donors (Lipinski definition) is 1. The number of ether oxygens (including phenoxy) is 1. The van der Waals surface area contributed by atoms with Gasteiger partial charge in [-0.25, -0.2) is 4.79 Å². The number of nitrogens with zero attached hydrogens (tertiary/aromatic N) is 2. The normalized spacial score (nSPS) is 23.0. The number of likely N-dealkylation sites (tertiary alicyclic amines) is 1. The number of halogens is 1. The minimum absolute atomic E-state index is 0.0187. The molecule has 3 atom stereocenters. The van der Waals surface area contributed by atoms with Gasteiger partial charge in [0.25, 0.3) is 0 Å². The van der Waals surface area contributed by atoms with E-state index < -0.39 is 11.5 Å². The first-order valence-electron chi connectivity index (χ1n) is 13.5. The van der Waals surface area contributed by atoms with E-state index in [2.05, 4.69) is 27.3 Å². The first kappa shape index (κ1) is 26.7. The van der Waals surface area contributed by atoms with Crippen LogP contribution >= 0.6 is 15.9 Å². The van der Waals surface area contributed by atoms with Crippen molar-refractivity contribution in [1.29, 1.82) is 0 Å². The first-order chi connectivity index (χ1) is 18.1. The summed E-state index contributed by atoms with van der Waals surface area (Å²) in [4.78, 5) is 43.3. The highest BCUT2D eigenvalue weighted by molar-refractivity contribution is 9.10. The molecule has 2 fully saturated rings. The molecule has 1 saturated carbocycles. The lowest BCUT2D eigenvalue weighted by Gasteiger charge is -2.33. The summed E-state index contributed by atoms with van der Waals surface area (Å²) in [6.45, 7) is 7.33. The molecule has 1 aliphatic carbocycles. The summed E-state index contributed by atoms with van der Waals surface area (Å²) in [7, 11) is 0. The highest BCUT2D eigenvalue weighted by Gasteiger charge is 2.44. The fourth-order valence-electron chi connectivity index (χ4n) is 5.69. The zero-order valence-corrected chi connectivity index (χ0v) is 23.9. The number of rotatable bonds is 6. The highest BCUT2D eigenvalue weighted by atomic mass is 79.9. The minimum Gasteiger partial charge on any atom is -0.444 e. The third kappa shape index (κ3) is 6.06. The lowest BCUT2D eigenvalue weighted by molar-refractivity contribution is -0.136. The molecule has 3 unspecified atom stereocenters. The number of amides is 3. The zero-order chi connectivity index (χ0) is 27.0. The minimum atomic E-state index is -0.571. The van der Waals surface area contributed by atoms with E-state index in [1.54, 1.807) is 4.90 Å². The Hall–Kier alpha value is -2.87.